The molecule has 0 saturated heterocycles. The molecule has 0 aromatic heterocycles. The van der Waals surface area contributed by atoms with Gasteiger partial charge in [0.05, 0.1) is 5.02 Å². The fourth-order valence-electron chi connectivity index (χ4n) is 1.33. The number of halogens is 1. The molecule has 4 nitrogen and oxygen atoms in total. The van der Waals surface area contributed by atoms with E-state index in [9.17, 15) is 9.90 Å². The first-order valence-electron chi connectivity index (χ1n) is 5.72. The number of carbonyl (C=O) groups excluding carboxylic acids is 1. The molecule has 0 aliphatic carbocycles. The molecule has 0 heterocycles. The summed E-state index contributed by atoms with van der Waals surface area (Å²) in [7, 11) is 0. The van der Waals surface area contributed by atoms with Crippen LogP contribution in [0.5, 0.6) is 5.75 Å². The quantitative estimate of drug-likeness (QED) is 0.888. The number of phenolic OH excluding ortho intramolecular Hbond substituents is 1. The van der Waals surface area contributed by atoms with Gasteiger partial charge in [0.1, 0.15) is 11.4 Å². The molecule has 0 unspecified atom stereocenters. The van der Waals surface area contributed by atoms with Crippen molar-refractivity contribution in [2.75, 3.05) is 6.54 Å². The van der Waals surface area contributed by atoms with Gasteiger partial charge in [-0.1, -0.05) is 17.7 Å². The van der Waals surface area contributed by atoms with Crippen molar-refractivity contribution in [1.82, 2.24) is 5.32 Å². The Bertz CT molecular complexity index is 427. The van der Waals surface area contributed by atoms with E-state index < -0.39 is 11.7 Å². The highest BCUT2D eigenvalue weighted by molar-refractivity contribution is 6.32. The van der Waals surface area contributed by atoms with Crippen molar-refractivity contribution in [3.63, 3.8) is 0 Å². The first-order valence-corrected chi connectivity index (χ1v) is 6.10. The number of rotatable bonds is 3. The Hall–Kier alpha value is -1.42. The Morgan fingerprint density at radius 3 is 2.67 bits per heavy atom. The number of alkyl carbamates (subject to hydrolysis) is 1. The van der Waals surface area contributed by atoms with Crippen LogP contribution < -0.4 is 5.32 Å². The van der Waals surface area contributed by atoms with E-state index in [0.717, 1.165) is 5.56 Å². The monoisotopic (exact) mass is 271 g/mol. The predicted octanol–water partition coefficient (Wildman–Crippen LogP) is 3.11. The third-order valence-corrected chi connectivity index (χ3v) is 2.40. The van der Waals surface area contributed by atoms with Gasteiger partial charge in [-0.3, -0.25) is 0 Å². The van der Waals surface area contributed by atoms with E-state index in [1.54, 1.807) is 12.1 Å². The van der Waals surface area contributed by atoms with E-state index in [-0.39, 0.29) is 5.75 Å². The molecule has 18 heavy (non-hydrogen) atoms. The van der Waals surface area contributed by atoms with Gasteiger partial charge < -0.3 is 15.2 Å². The van der Waals surface area contributed by atoms with Crippen LogP contribution in [0.1, 0.15) is 26.3 Å². The minimum absolute atomic E-state index is 0.0560. The highest BCUT2D eigenvalue weighted by Crippen LogP contribution is 2.23. The van der Waals surface area contributed by atoms with E-state index >= 15 is 0 Å². The third kappa shape index (κ3) is 5.27. The standard InChI is InChI=1S/C13H18ClNO3/c1-13(2,3)18-12(17)15-7-6-9-4-5-11(16)10(14)8-9/h4-5,8,16H,6-7H2,1-3H3,(H,15,17). The van der Waals surface area contributed by atoms with Crippen molar-refractivity contribution in [2.24, 2.45) is 0 Å². The van der Waals surface area contributed by atoms with Gasteiger partial charge in [-0.05, 0) is 44.9 Å². The van der Waals surface area contributed by atoms with E-state index in [4.69, 9.17) is 16.3 Å². The van der Waals surface area contributed by atoms with E-state index in [1.807, 2.05) is 20.8 Å². The molecule has 1 aromatic carbocycles. The van der Waals surface area contributed by atoms with Gasteiger partial charge in [0.15, 0.2) is 0 Å². The average molecular weight is 272 g/mol. The van der Waals surface area contributed by atoms with Crippen LogP contribution >= 0.6 is 11.6 Å². The van der Waals surface area contributed by atoms with Crippen LogP contribution in [0.15, 0.2) is 18.2 Å². The van der Waals surface area contributed by atoms with Gasteiger partial charge in [-0.25, -0.2) is 4.79 Å². The number of carbonyl (C=O) groups is 1. The maximum atomic E-state index is 11.4. The maximum Gasteiger partial charge on any atom is 0.407 e. The fourth-order valence-corrected chi connectivity index (χ4v) is 1.53. The zero-order chi connectivity index (χ0) is 13.8. The summed E-state index contributed by atoms with van der Waals surface area (Å²) in [5.74, 6) is 0.0560. The number of hydrogen-bond donors (Lipinski definition) is 2. The summed E-state index contributed by atoms with van der Waals surface area (Å²) < 4.78 is 5.10. The molecule has 0 atom stereocenters. The molecule has 0 bridgehead atoms. The normalized spacial score (nSPS) is 11.1. The van der Waals surface area contributed by atoms with Crippen molar-refractivity contribution in [2.45, 2.75) is 32.8 Å². The fraction of sp³-hybridized carbons (Fsp3) is 0.462. The second kappa shape index (κ2) is 5.96. The summed E-state index contributed by atoms with van der Waals surface area (Å²) in [6.07, 6.45) is 0.187. The SMILES string of the molecule is CC(C)(C)OC(=O)NCCc1ccc(O)c(Cl)c1. The Morgan fingerprint density at radius 1 is 1.44 bits per heavy atom. The number of nitrogens with one attached hydrogen (secondary N) is 1. The third-order valence-electron chi connectivity index (χ3n) is 2.09. The highest BCUT2D eigenvalue weighted by atomic mass is 35.5. The molecule has 0 aliphatic rings. The van der Waals surface area contributed by atoms with Crippen LogP contribution in [0.3, 0.4) is 0 Å². The topological polar surface area (TPSA) is 58.6 Å². The van der Waals surface area contributed by atoms with Crippen LogP contribution in [0.2, 0.25) is 5.02 Å². The number of ether oxygens (including phenoxy) is 1. The Kier molecular flexibility index (Phi) is 4.84. The van der Waals surface area contributed by atoms with Gasteiger partial charge in [0.25, 0.3) is 0 Å². The maximum absolute atomic E-state index is 11.4. The minimum Gasteiger partial charge on any atom is -0.506 e. The zero-order valence-corrected chi connectivity index (χ0v) is 11.5. The molecule has 0 fully saturated rings. The van der Waals surface area contributed by atoms with Crippen LogP contribution in [0.4, 0.5) is 4.79 Å². The van der Waals surface area contributed by atoms with Crippen molar-refractivity contribution >= 4 is 17.7 Å². The number of hydrogen-bond acceptors (Lipinski definition) is 3. The highest BCUT2D eigenvalue weighted by Gasteiger charge is 2.15. The van der Waals surface area contributed by atoms with Crippen molar-refractivity contribution in [3.8, 4) is 5.75 Å². The van der Waals surface area contributed by atoms with E-state index in [1.165, 1.54) is 6.07 Å². The molecular formula is C13H18ClNO3. The average Bonchev–Trinajstić information content (AvgIpc) is 2.20. The van der Waals surface area contributed by atoms with Gasteiger partial charge in [0.2, 0.25) is 0 Å². The summed E-state index contributed by atoms with van der Waals surface area (Å²) >= 11 is 5.78. The number of benzene rings is 1. The first-order chi connectivity index (χ1) is 8.28. The second-order valence-corrected chi connectivity index (χ2v) is 5.37. The van der Waals surface area contributed by atoms with Crippen LogP contribution in [0.25, 0.3) is 0 Å². The Morgan fingerprint density at radius 2 is 2.11 bits per heavy atom. The molecule has 0 saturated carbocycles. The summed E-state index contributed by atoms with van der Waals surface area (Å²) in [4.78, 5) is 11.4. The van der Waals surface area contributed by atoms with Crippen LogP contribution in [-0.2, 0) is 11.2 Å². The summed E-state index contributed by atoms with van der Waals surface area (Å²) in [5.41, 5.74) is 0.445. The lowest BCUT2D eigenvalue weighted by Crippen LogP contribution is -2.33. The molecule has 5 heteroatoms. The number of amides is 1. The molecule has 1 aromatic rings. The van der Waals surface area contributed by atoms with Gasteiger partial charge in [-0.15, -0.1) is 0 Å². The lowest BCUT2D eigenvalue weighted by Gasteiger charge is -2.19. The van der Waals surface area contributed by atoms with E-state index in [2.05, 4.69) is 5.32 Å². The lowest BCUT2D eigenvalue weighted by molar-refractivity contribution is 0.0528. The lowest BCUT2D eigenvalue weighted by atomic mass is 10.1. The first kappa shape index (κ1) is 14.6. The molecule has 100 valence electrons. The van der Waals surface area contributed by atoms with Crippen LogP contribution in [-0.4, -0.2) is 23.3 Å². The minimum atomic E-state index is -0.494. The largest absolute Gasteiger partial charge is 0.506 e. The number of aromatic hydroxyl groups is 1. The summed E-state index contributed by atoms with van der Waals surface area (Å²) in [6, 6.07) is 4.97. The van der Waals surface area contributed by atoms with Gasteiger partial charge in [0, 0.05) is 6.54 Å². The van der Waals surface area contributed by atoms with E-state index in [0.29, 0.717) is 18.0 Å². The molecule has 1 amide bonds. The zero-order valence-electron chi connectivity index (χ0n) is 10.8. The summed E-state index contributed by atoms with van der Waals surface area (Å²) in [6.45, 7) is 5.89. The van der Waals surface area contributed by atoms with Crippen molar-refractivity contribution < 1.29 is 14.6 Å². The predicted molar refractivity (Wildman–Crippen MR) is 71.1 cm³/mol. The molecule has 0 spiro atoms. The Balaban J connectivity index is 2.38. The molecular weight excluding hydrogens is 254 g/mol. The summed E-state index contributed by atoms with van der Waals surface area (Å²) in [5, 5.41) is 12.2. The molecule has 0 aliphatic heterocycles. The van der Waals surface area contributed by atoms with Gasteiger partial charge >= 0.3 is 6.09 Å². The van der Waals surface area contributed by atoms with Crippen molar-refractivity contribution in [3.05, 3.63) is 28.8 Å². The molecule has 1 rings (SSSR count). The molecule has 0 radical (unpaired) electrons. The van der Waals surface area contributed by atoms with Gasteiger partial charge in [-0.2, -0.15) is 0 Å². The second-order valence-electron chi connectivity index (χ2n) is 4.96. The van der Waals surface area contributed by atoms with Crippen LogP contribution in [0, 0.1) is 0 Å². The van der Waals surface area contributed by atoms with Crippen molar-refractivity contribution in [1.29, 1.82) is 0 Å². The number of phenols is 1. The Labute approximate surface area is 112 Å². The smallest absolute Gasteiger partial charge is 0.407 e. The molecule has 2 N–H and O–H groups in total.